The number of carbonyl (C=O) groups excluding carboxylic acids is 4. The maximum atomic E-state index is 12.3. The molecule has 156 valence electrons. The van der Waals surface area contributed by atoms with E-state index in [4.69, 9.17) is 4.74 Å². The van der Waals surface area contributed by atoms with E-state index >= 15 is 0 Å². The third-order valence-electron chi connectivity index (χ3n) is 4.75. The molecule has 0 aliphatic carbocycles. The Kier molecular flexibility index (Phi) is 6.79. The monoisotopic (exact) mass is 409 g/mol. The molecule has 2 aromatic rings. The average Bonchev–Trinajstić information content (AvgIpc) is 3.01. The summed E-state index contributed by atoms with van der Waals surface area (Å²) in [5, 5.41) is 5.43. The van der Waals surface area contributed by atoms with E-state index in [1.165, 1.54) is 4.90 Å². The van der Waals surface area contributed by atoms with Crippen LogP contribution in [0.2, 0.25) is 0 Å². The van der Waals surface area contributed by atoms with Crippen LogP contribution in [0.4, 0.5) is 0 Å². The second kappa shape index (κ2) is 9.69. The molecule has 2 N–H and O–H groups in total. The lowest BCUT2D eigenvalue weighted by atomic mass is 10.1. The van der Waals surface area contributed by atoms with Crippen molar-refractivity contribution < 1.29 is 23.9 Å². The summed E-state index contributed by atoms with van der Waals surface area (Å²) in [6, 6.07) is 13.4. The zero-order valence-corrected chi connectivity index (χ0v) is 16.6. The largest absolute Gasteiger partial charge is 0.497 e. The number of hydrogen-bond donors (Lipinski definition) is 2. The molecule has 0 atom stereocenters. The molecule has 0 fully saturated rings. The number of rotatable bonds is 9. The Bertz CT molecular complexity index is 921. The first-order valence-electron chi connectivity index (χ1n) is 9.65. The average molecular weight is 409 g/mol. The fraction of sp³-hybridized carbons (Fsp3) is 0.273. The summed E-state index contributed by atoms with van der Waals surface area (Å²) in [7, 11) is 1.55. The maximum Gasteiger partial charge on any atom is 0.261 e. The lowest BCUT2D eigenvalue weighted by molar-refractivity contribution is -0.121. The standard InChI is InChI=1S/C22H23N3O5/c1-30-16-10-8-15(9-11-16)20(27)24-13-12-23-19(26)7-4-14-25-21(28)17-5-2-3-6-18(17)22(25)29/h2-3,5-6,8-11H,4,7,12-14H2,1H3,(H,23,26)(H,24,27). The van der Waals surface area contributed by atoms with Crippen molar-refractivity contribution in [1.82, 2.24) is 15.5 Å². The van der Waals surface area contributed by atoms with E-state index in [1.54, 1.807) is 55.6 Å². The number of ether oxygens (including phenoxy) is 1. The molecule has 0 unspecified atom stereocenters. The van der Waals surface area contributed by atoms with E-state index < -0.39 is 0 Å². The van der Waals surface area contributed by atoms with Gasteiger partial charge in [0.05, 0.1) is 18.2 Å². The van der Waals surface area contributed by atoms with E-state index in [9.17, 15) is 19.2 Å². The Balaban J connectivity index is 1.33. The van der Waals surface area contributed by atoms with Gasteiger partial charge in [0.1, 0.15) is 5.75 Å². The van der Waals surface area contributed by atoms with Crippen molar-refractivity contribution in [1.29, 1.82) is 0 Å². The predicted octanol–water partition coefficient (Wildman–Crippen LogP) is 1.62. The van der Waals surface area contributed by atoms with Gasteiger partial charge in [-0.2, -0.15) is 0 Å². The number of amides is 4. The summed E-state index contributed by atoms with van der Waals surface area (Å²) in [6.45, 7) is 0.761. The fourth-order valence-corrected chi connectivity index (χ4v) is 3.15. The fourth-order valence-electron chi connectivity index (χ4n) is 3.15. The van der Waals surface area contributed by atoms with Gasteiger partial charge in [-0.15, -0.1) is 0 Å². The molecule has 4 amide bonds. The van der Waals surface area contributed by atoms with Crippen molar-refractivity contribution >= 4 is 23.6 Å². The molecule has 2 aromatic carbocycles. The van der Waals surface area contributed by atoms with Crippen LogP contribution in [0.3, 0.4) is 0 Å². The lowest BCUT2D eigenvalue weighted by Gasteiger charge is -2.13. The molecule has 3 rings (SSSR count). The van der Waals surface area contributed by atoms with Crippen molar-refractivity contribution in [2.24, 2.45) is 0 Å². The van der Waals surface area contributed by atoms with E-state index in [-0.39, 0.29) is 49.7 Å². The van der Waals surface area contributed by atoms with Crippen LogP contribution in [-0.4, -0.2) is 55.3 Å². The normalized spacial score (nSPS) is 12.5. The maximum absolute atomic E-state index is 12.3. The highest BCUT2D eigenvalue weighted by Gasteiger charge is 2.34. The van der Waals surface area contributed by atoms with Crippen LogP contribution in [-0.2, 0) is 4.79 Å². The van der Waals surface area contributed by atoms with Crippen LogP contribution >= 0.6 is 0 Å². The molecule has 8 nitrogen and oxygen atoms in total. The van der Waals surface area contributed by atoms with Gasteiger partial charge in [-0.05, 0) is 42.8 Å². The first-order chi connectivity index (χ1) is 14.5. The van der Waals surface area contributed by atoms with Crippen molar-refractivity contribution in [2.45, 2.75) is 12.8 Å². The summed E-state index contributed by atoms with van der Waals surface area (Å²) < 4.78 is 5.05. The summed E-state index contributed by atoms with van der Waals surface area (Å²) in [6.07, 6.45) is 0.551. The number of hydrogen-bond acceptors (Lipinski definition) is 5. The van der Waals surface area contributed by atoms with Gasteiger partial charge < -0.3 is 15.4 Å². The van der Waals surface area contributed by atoms with Gasteiger partial charge in [0.2, 0.25) is 5.91 Å². The molecular formula is C22H23N3O5. The molecule has 1 heterocycles. The topological polar surface area (TPSA) is 105 Å². The molecular weight excluding hydrogens is 386 g/mol. The highest BCUT2D eigenvalue weighted by Crippen LogP contribution is 2.22. The Morgan fingerprint density at radius 2 is 1.50 bits per heavy atom. The SMILES string of the molecule is COc1ccc(C(=O)NCCNC(=O)CCCN2C(=O)c3ccccc3C2=O)cc1. The highest BCUT2D eigenvalue weighted by molar-refractivity contribution is 6.21. The van der Waals surface area contributed by atoms with E-state index in [2.05, 4.69) is 10.6 Å². The van der Waals surface area contributed by atoms with Crippen LogP contribution in [0.25, 0.3) is 0 Å². The zero-order chi connectivity index (χ0) is 21.5. The summed E-state index contributed by atoms with van der Waals surface area (Å²) in [4.78, 5) is 49.7. The molecule has 8 heteroatoms. The molecule has 1 aliphatic heterocycles. The molecule has 30 heavy (non-hydrogen) atoms. The summed E-state index contributed by atoms with van der Waals surface area (Å²) in [5.74, 6) is -0.419. The second-order valence-electron chi connectivity index (χ2n) is 6.75. The lowest BCUT2D eigenvalue weighted by Crippen LogP contribution is -2.35. The molecule has 0 bridgehead atoms. The number of nitrogens with zero attached hydrogens (tertiary/aromatic N) is 1. The number of carbonyl (C=O) groups is 4. The third kappa shape index (κ3) is 4.83. The van der Waals surface area contributed by atoms with E-state index in [0.717, 1.165) is 0 Å². The van der Waals surface area contributed by atoms with Crippen molar-refractivity contribution in [3.05, 3.63) is 65.2 Å². The zero-order valence-electron chi connectivity index (χ0n) is 16.6. The van der Waals surface area contributed by atoms with Crippen LogP contribution in [0, 0.1) is 0 Å². The Morgan fingerprint density at radius 1 is 0.900 bits per heavy atom. The number of nitrogens with one attached hydrogen (secondary N) is 2. The van der Waals surface area contributed by atoms with Crippen molar-refractivity contribution in [3.8, 4) is 5.75 Å². The van der Waals surface area contributed by atoms with Crippen molar-refractivity contribution in [2.75, 3.05) is 26.7 Å². The van der Waals surface area contributed by atoms with Gasteiger partial charge in [0.15, 0.2) is 0 Å². The third-order valence-corrected chi connectivity index (χ3v) is 4.75. The summed E-state index contributed by atoms with van der Waals surface area (Å²) >= 11 is 0. The van der Waals surface area contributed by atoms with Gasteiger partial charge in [-0.3, -0.25) is 24.1 Å². The molecule has 0 aromatic heterocycles. The number of imide groups is 1. The van der Waals surface area contributed by atoms with Gasteiger partial charge in [-0.25, -0.2) is 0 Å². The van der Waals surface area contributed by atoms with Crippen molar-refractivity contribution in [3.63, 3.8) is 0 Å². The highest BCUT2D eigenvalue weighted by atomic mass is 16.5. The molecule has 0 radical (unpaired) electrons. The van der Waals surface area contributed by atoms with Gasteiger partial charge in [0, 0.05) is 31.6 Å². The predicted molar refractivity (Wildman–Crippen MR) is 109 cm³/mol. The Hall–Kier alpha value is -3.68. The number of fused-ring (bicyclic) bond motifs is 1. The first-order valence-corrected chi connectivity index (χ1v) is 9.65. The number of benzene rings is 2. The molecule has 0 spiro atoms. The van der Waals surface area contributed by atoms with Gasteiger partial charge in [0.25, 0.3) is 17.7 Å². The smallest absolute Gasteiger partial charge is 0.261 e. The van der Waals surface area contributed by atoms with E-state index in [1.807, 2.05) is 0 Å². The second-order valence-corrected chi connectivity index (χ2v) is 6.75. The first kappa shape index (κ1) is 21.0. The minimum Gasteiger partial charge on any atom is -0.497 e. The Labute approximate surface area is 174 Å². The van der Waals surface area contributed by atoms with Crippen LogP contribution in [0.5, 0.6) is 5.75 Å². The minimum absolute atomic E-state index is 0.180. The van der Waals surface area contributed by atoms with Crippen LogP contribution in [0.1, 0.15) is 43.9 Å². The summed E-state index contributed by atoms with van der Waals surface area (Å²) in [5.41, 5.74) is 1.31. The number of methoxy groups -OCH3 is 1. The van der Waals surface area contributed by atoms with Gasteiger partial charge in [-0.1, -0.05) is 12.1 Å². The van der Waals surface area contributed by atoms with Crippen LogP contribution < -0.4 is 15.4 Å². The minimum atomic E-state index is -0.322. The van der Waals surface area contributed by atoms with E-state index in [0.29, 0.717) is 28.9 Å². The van der Waals surface area contributed by atoms with Crippen LogP contribution in [0.15, 0.2) is 48.5 Å². The molecule has 1 aliphatic rings. The Morgan fingerprint density at radius 3 is 2.10 bits per heavy atom. The van der Waals surface area contributed by atoms with Gasteiger partial charge >= 0.3 is 0 Å². The molecule has 0 saturated carbocycles. The quantitative estimate of drug-likeness (QED) is 0.484. The molecule has 0 saturated heterocycles.